The zero-order valence-corrected chi connectivity index (χ0v) is 18.5. The molecule has 5 atom stereocenters. The highest BCUT2D eigenvalue weighted by molar-refractivity contribution is 6.21. The molecular formula is C27H24N2O5. The number of fused-ring (bicyclic) bond motifs is 4. The summed E-state index contributed by atoms with van der Waals surface area (Å²) in [6.07, 6.45) is 5.23. The number of carboxylic acid groups (broad SMARTS) is 1. The van der Waals surface area contributed by atoms with E-state index in [2.05, 4.69) is 0 Å². The Bertz CT molecular complexity index is 1230. The normalized spacial score (nSPS) is 28.9. The molecule has 7 heteroatoms. The lowest BCUT2D eigenvalue weighted by molar-refractivity contribution is -0.152. The monoisotopic (exact) mass is 456 g/mol. The molecule has 4 aliphatic rings. The molecule has 2 aliphatic heterocycles. The van der Waals surface area contributed by atoms with Crippen molar-refractivity contribution in [3.63, 3.8) is 0 Å². The molecule has 0 spiro atoms. The van der Waals surface area contributed by atoms with Crippen molar-refractivity contribution in [2.24, 2.45) is 23.7 Å². The van der Waals surface area contributed by atoms with Gasteiger partial charge in [0.15, 0.2) is 0 Å². The SMILES string of the molecule is O=C(O)[C@H]1C2C=CC(C2)[C@H]1C(=O)N1CCc2ccccc2C1CN1C(=O)c2ccccc2C1=O. The molecule has 3 amide bonds. The summed E-state index contributed by atoms with van der Waals surface area (Å²) in [4.78, 5) is 55.1. The highest BCUT2D eigenvalue weighted by Gasteiger charge is 2.54. The van der Waals surface area contributed by atoms with Crippen molar-refractivity contribution in [3.05, 3.63) is 82.9 Å². The van der Waals surface area contributed by atoms with Gasteiger partial charge in [-0.25, -0.2) is 0 Å². The molecule has 6 rings (SSSR count). The number of carbonyl (C=O) groups excluding carboxylic acids is 3. The smallest absolute Gasteiger partial charge is 0.307 e. The molecule has 2 aromatic carbocycles. The first kappa shape index (κ1) is 20.8. The highest BCUT2D eigenvalue weighted by atomic mass is 16.4. The fourth-order valence-electron chi connectivity index (χ4n) is 6.38. The molecule has 2 aliphatic carbocycles. The van der Waals surface area contributed by atoms with E-state index in [1.807, 2.05) is 36.4 Å². The number of hydrogen-bond donors (Lipinski definition) is 1. The Labute approximate surface area is 196 Å². The van der Waals surface area contributed by atoms with E-state index in [4.69, 9.17) is 0 Å². The lowest BCUT2D eigenvalue weighted by Crippen LogP contribution is -2.50. The second kappa shape index (κ2) is 7.65. The predicted octanol–water partition coefficient (Wildman–Crippen LogP) is 2.93. The van der Waals surface area contributed by atoms with Gasteiger partial charge in [0, 0.05) is 6.54 Å². The van der Waals surface area contributed by atoms with E-state index < -0.39 is 23.8 Å². The number of allylic oxidation sites excluding steroid dienone is 2. The maximum absolute atomic E-state index is 13.9. The van der Waals surface area contributed by atoms with Crippen LogP contribution in [0.15, 0.2) is 60.7 Å². The highest BCUT2D eigenvalue weighted by Crippen LogP contribution is 2.50. The van der Waals surface area contributed by atoms with Gasteiger partial charge in [0.1, 0.15) is 0 Å². The summed E-state index contributed by atoms with van der Waals surface area (Å²) < 4.78 is 0. The van der Waals surface area contributed by atoms with Gasteiger partial charge in [-0.3, -0.25) is 24.1 Å². The number of carboxylic acids is 1. The second-order valence-electron chi connectivity index (χ2n) is 9.60. The topological polar surface area (TPSA) is 95.0 Å². The van der Waals surface area contributed by atoms with E-state index in [0.29, 0.717) is 30.5 Å². The average Bonchev–Trinajstić information content (AvgIpc) is 3.53. The third-order valence-corrected chi connectivity index (χ3v) is 7.96. The molecule has 1 N–H and O–H groups in total. The Morgan fingerprint density at radius 1 is 0.882 bits per heavy atom. The van der Waals surface area contributed by atoms with E-state index in [1.165, 1.54) is 4.90 Å². The molecule has 1 saturated carbocycles. The molecule has 0 aromatic heterocycles. The number of imide groups is 1. The van der Waals surface area contributed by atoms with Gasteiger partial charge in [-0.1, -0.05) is 48.6 Å². The number of benzene rings is 2. The summed E-state index contributed by atoms with van der Waals surface area (Å²) in [5, 5.41) is 9.87. The number of carbonyl (C=O) groups is 4. The molecule has 2 heterocycles. The van der Waals surface area contributed by atoms with Gasteiger partial charge in [0.05, 0.1) is 35.5 Å². The summed E-state index contributed by atoms with van der Waals surface area (Å²) in [7, 11) is 0. The Hall–Kier alpha value is -3.74. The van der Waals surface area contributed by atoms with Crippen LogP contribution >= 0.6 is 0 Å². The number of amides is 3. The van der Waals surface area contributed by atoms with E-state index in [-0.39, 0.29) is 36.1 Å². The standard InChI is InChI=1S/C27H24N2O5/c30-24-19-7-3-4-8-20(19)25(31)29(24)14-21-18-6-2-1-5-15(18)11-12-28(21)26(32)22-16-9-10-17(13-16)23(22)27(33)34/h1-10,16-17,21-23H,11-14H2,(H,33,34)/t16?,17?,21?,22-,23+/m1/s1. The molecule has 0 radical (unpaired) electrons. The van der Waals surface area contributed by atoms with Gasteiger partial charge in [-0.05, 0) is 47.9 Å². The van der Waals surface area contributed by atoms with Crippen molar-refractivity contribution in [2.75, 3.05) is 13.1 Å². The number of hydrogen-bond acceptors (Lipinski definition) is 4. The van der Waals surface area contributed by atoms with Crippen LogP contribution < -0.4 is 0 Å². The summed E-state index contributed by atoms with van der Waals surface area (Å²) in [5.74, 6) is -3.42. The van der Waals surface area contributed by atoms with Crippen molar-refractivity contribution in [2.45, 2.75) is 18.9 Å². The Morgan fingerprint density at radius 3 is 2.18 bits per heavy atom. The molecular weight excluding hydrogens is 432 g/mol. The van der Waals surface area contributed by atoms with Gasteiger partial charge >= 0.3 is 5.97 Å². The second-order valence-corrected chi connectivity index (χ2v) is 9.60. The lowest BCUT2D eigenvalue weighted by atomic mass is 9.81. The average molecular weight is 456 g/mol. The van der Waals surface area contributed by atoms with E-state index in [0.717, 1.165) is 11.1 Å². The molecule has 3 unspecified atom stereocenters. The molecule has 2 aromatic rings. The number of nitrogens with zero attached hydrogens (tertiary/aromatic N) is 2. The Kier molecular flexibility index (Phi) is 4.69. The van der Waals surface area contributed by atoms with Crippen LogP contribution in [0.3, 0.4) is 0 Å². The third-order valence-electron chi connectivity index (χ3n) is 7.96. The minimum Gasteiger partial charge on any atom is -0.481 e. The fraction of sp³-hybridized carbons (Fsp3) is 0.333. The van der Waals surface area contributed by atoms with Gasteiger partial charge in [-0.15, -0.1) is 0 Å². The van der Waals surface area contributed by atoms with Crippen LogP contribution in [0.1, 0.15) is 44.3 Å². The summed E-state index contributed by atoms with van der Waals surface area (Å²) in [6, 6.07) is 14.0. The summed E-state index contributed by atoms with van der Waals surface area (Å²) in [5.41, 5.74) is 2.73. The first-order valence-electron chi connectivity index (χ1n) is 11.7. The van der Waals surface area contributed by atoms with Gasteiger partial charge in [-0.2, -0.15) is 0 Å². The summed E-state index contributed by atoms with van der Waals surface area (Å²) in [6.45, 7) is 0.469. The van der Waals surface area contributed by atoms with Crippen molar-refractivity contribution in [1.29, 1.82) is 0 Å². The Balaban J connectivity index is 1.36. The van der Waals surface area contributed by atoms with Crippen LogP contribution in [0.5, 0.6) is 0 Å². The molecule has 0 saturated heterocycles. The maximum Gasteiger partial charge on any atom is 0.307 e. The van der Waals surface area contributed by atoms with Crippen LogP contribution in [0.25, 0.3) is 0 Å². The first-order chi connectivity index (χ1) is 16.5. The van der Waals surface area contributed by atoms with E-state index in [9.17, 15) is 24.3 Å². The van der Waals surface area contributed by atoms with Crippen LogP contribution in [-0.4, -0.2) is 51.7 Å². The van der Waals surface area contributed by atoms with Crippen molar-refractivity contribution >= 4 is 23.7 Å². The van der Waals surface area contributed by atoms with Gasteiger partial charge in [0.2, 0.25) is 5.91 Å². The molecule has 1 fully saturated rings. The zero-order valence-electron chi connectivity index (χ0n) is 18.5. The molecule has 7 nitrogen and oxygen atoms in total. The van der Waals surface area contributed by atoms with Crippen molar-refractivity contribution in [1.82, 2.24) is 9.80 Å². The van der Waals surface area contributed by atoms with Crippen LogP contribution in [0, 0.1) is 23.7 Å². The minimum absolute atomic E-state index is 0.0451. The lowest BCUT2D eigenvalue weighted by Gasteiger charge is -2.41. The number of rotatable bonds is 4. The van der Waals surface area contributed by atoms with Gasteiger partial charge < -0.3 is 10.0 Å². The fourth-order valence-corrected chi connectivity index (χ4v) is 6.38. The number of aliphatic carboxylic acids is 1. The Morgan fingerprint density at radius 2 is 1.50 bits per heavy atom. The first-order valence-corrected chi connectivity index (χ1v) is 11.7. The largest absolute Gasteiger partial charge is 0.481 e. The van der Waals surface area contributed by atoms with Crippen LogP contribution in [0.2, 0.25) is 0 Å². The quantitative estimate of drug-likeness (QED) is 0.564. The summed E-state index contributed by atoms with van der Waals surface area (Å²) >= 11 is 0. The zero-order chi connectivity index (χ0) is 23.6. The maximum atomic E-state index is 13.9. The van der Waals surface area contributed by atoms with Gasteiger partial charge in [0.25, 0.3) is 11.8 Å². The molecule has 172 valence electrons. The van der Waals surface area contributed by atoms with Crippen LogP contribution in [0.4, 0.5) is 0 Å². The van der Waals surface area contributed by atoms with Crippen LogP contribution in [-0.2, 0) is 16.0 Å². The third kappa shape index (κ3) is 2.96. The van der Waals surface area contributed by atoms with E-state index in [1.54, 1.807) is 29.2 Å². The molecule has 34 heavy (non-hydrogen) atoms. The van der Waals surface area contributed by atoms with Crippen molar-refractivity contribution < 1.29 is 24.3 Å². The predicted molar refractivity (Wildman–Crippen MR) is 122 cm³/mol. The minimum atomic E-state index is -0.940. The van der Waals surface area contributed by atoms with Crippen molar-refractivity contribution in [3.8, 4) is 0 Å². The van der Waals surface area contributed by atoms with E-state index >= 15 is 0 Å². The molecule has 2 bridgehead atoms.